The van der Waals surface area contributed by atoms with Gasteiger partial charge in [0.2, 0.25) is 0 Å². The van der Waals surface area contributed by atoms with Crippen LogP contribution in [0.5, 0.6) is 0 Å². The van der Waals surface area contributed by atoms with Crippen molar-refractivity contribution in [1.29, 1.82) is 0 Å². The first-order valence-corrected chi connectivity index (χ1v) is 17.1. The highest BCUT2D eigenvalue weighted by atomic mass is 32.2. The van der Waals surface area contributed by atoms with E-state index in [0.717, 1.165) is 25.0 Å². The summed E-state index contributed by atoms with van der Waals surface area (Å²) in [4.78, 5) is 0. The lowest BCUT2D eigenvalue weighted by atomic mass is 9.95. The van der Waals surface area contributed by atoms with Gasteiger partial charge in [-0.25, -0.2) is 0 Å². The van der Waals surface area contributed by atoms with E-state index in [1.54, 1.807) is 0 Å². The molecule has 32 heavy (non-hydrogen) atoms. The van der Waals surface area contributed by atoms with Crippen LogP contribution in [0.25, 0.3) is 0 Å². The van der Waals surface area contributed by atoms with Crippen LogP contribution in [0.4, 0.5) is 0 Å². The van der Waals surface area contributed by atoms with Crippen molar-refractivity contribution in [3.63, 3.8) is 0 Å². The van der Waals surface area contributed by atoms with Crippen molar-refractivity contribution < 1.29 is 50.4 Å². The van der Waals surface area contributed by atoms with Gasteiger partial charge in [0.1, 0.15) is 0 Å². The Morgan fingerprint density at radius 1 is 0.375 bits per heavy atom. The van der Waals surface area contributed by atoms with Gasteiger partial charge < -0.3 is 0 Å². The summed E-state index contributed by atoms with van der Waals surface area (Å²) in [6.07, 6.45) is 6.56. The van der Waals surface area contributed by atoms with Gasteiger partial charge in [0, 0.05) is 0 Å². The van der Waals surface area contributed by atoms with Crippen molar-refractivity contribution >= 4 is 40.5 Å². The Balaban J connectivity index is 0.000000320. The Kier molecular flexibility index (Phi) is 11.0. The molecular formula is C16H32O12S4. The predicted molar refractivity (Wildman–Crippen MR) is 116 cm³/mol. The normalized spacial score (nSPS) is 27.9. The summed E-state index contributed by atoms with van der Waals surface area (Å²) in [5, 5.41) is 0. The average molecular weight is 545 g/mol. The van der Waals surface area contributed by atoms with Crippen molar-refractivity contribution in [3.8, 4) is 0 Å². The molecular weight excluding hydrogens is 512 g/mol. The van der Waals surface area contributed by atoms with E-state index in [0.29, 0.717) is 51.4 Å². The Morgan fingerprint density at radius 2 is 0.500 bits per heavy atom. The van der Waals surface area contributed by atoms with Crippen LogP contribution in [0.3, 0.4) is 0 Å². The van der Waals surface area contributed by atoms with Gasteiger partial charge in [-0.05, 0) is 51.4 Å². The Labute approximate surface area is 191 Å². The minimum Gasteiger partial charge on any atom is -0.267 e. The van der Waals surface area contributed by atoms with Crippen LogP contribution in [-0.4, -0.2) is 83.1 Å². The molecule has 2 aliphatic carbocycles. The molecule has 16 heteroatoms. The molecule has 0 unspecified atom stereocenters. The molecule has 0 amide bonds. The molecule has 0 heterocycles. The molecule has 0 saturated heterocycles. The second-order valence-electron chi connectivity index (χ2n) is 8.00. The van der Waals surface area contributed by atoms with Crippen LogP contribution in [0.15, 0.2) is 0 Å². The molecule has 0 aromatic heterocycles. The standard InChI is InChI=1S/2C8H16O6S2/c2*1-15(9,10)13-7-3-5-8(6-4-7)14-16(2,11)12/h2*7-8H,3-6H2,1-2H3. The number of hydrogen-bond acceptors (Lipinski definition) is 12. The minimum atomic E-state index is -3.44. The lowest BCUT2D eigenvalue weighted by Crippen LogP contribution is -2.29. The third-order valence-corrected chi connectivity index (χ3v) is 6.97. The van der Waals surface area contributed by atoms with Crippen LogP contribution in [0.2, 0.25) is 0 Å². The number of hydrogen-bond donors (Lipinski definition) is 0. The maximum absolute atomic E-state index is 10.9. The Morgan fingerprint density at radius 3 is 0.594 bits per heavy atom. The van der Waals surface area contributed by atoms with Crippen molar-refractivity contribution in [3.05, 3.63) is 0 Å². The van der Waals surface area contributed by atoms with Crippen LogP contribution in [-0.2, 0) is 57.2 Å². The van der Waals surface area contributed by atoms with E-state index in [1.807, 2.05) is 0 Å². The van der Waals surface area contributed by atoms with Gasteiger partial charge in [-0.3, -0.25) is 16.7 Å². The molecule has 2 rings (SSSR count). The molecule has 2 aliphatic rings. The van der Waals surface area contributed by atoms with E-state index >= 15 is 0 Å². The SMILES string of the molecule is CS(=O)(=O)OC1CCC(OS(C)(=O)=O)CC1.CS(=O)(=O)OC1CCC(OS(C)(=O)=O)CC1. The summed E-state index contributed by atoms with van der Waals surface area (Å²) >= 11 is 0. The molecule has 12 nitrogen and oxygen atoms in total. The van der Waals surface area contributed by atoms with Crippen molar-refractivity contribution in [2.75, 3.05) is 25.0 Å². The summed E-state index contributed by atoms with van der Waals surface area (Å²) in [5.74, 6) is 0. The average Bonchev–Trinajstić information content (AvgIpc) is 2.54. The first-order chi connectivity index (χ1) is 14.3. The van der Waals surface area contributed by atoms with Gasteiger partial charge in [0.05, 0.1) is 49.4 Å². The highest BCUT2D eigenvalue weighted by Crippen LogP contribution is 2.26. The van der Waals surface area contributed by atoms with E-state index in [1.165, 1.54) is 0 Å². The smallest absolute Gasteiger partial charge is 0.264 e. The molecule has 0 aliphatic heterocycles. The minimum absolute atomic E-state index is 0.352. The maximum Gasteiger partial charge on any atom is 0.264 e. The molecule has 0 atom stereocenters. The third kappa shape index (κ3) is 15.5. The van der Waals surface area contributed by atoms with Crippen molar-refractivity contribution in [2.45, 2.75) is 75.8 Å². The first-order valence-electron chi connectivity index (χ1n) is 9.84. The van der Waals surface area contributed by atoms with E-state index in [4.69, 9.17) is 16.7 Å². The Hall–Kier alpha value is -0.360. The summed E-state index contributed by atoms with van der Waals surface area (Å²) in [6.45, 7) is 0. The maximum atomic E-state index is 10.9. The van der Waals surface area contributed by atoms with Crippen LogP contribution >= 0.6 is 0 Å². The lowest BCUT2D eigenvalue weighted by Gasteiger charge is -2.26. The summed E-state index contributed by atoms with van der Waals surface area (Å²) in [7, 11) is -13.7. The van der Waals surface area contributed by atoms with Gasteiger partial charge in [-0.1, -0.05) is 0 Å². The van der Waals surface area contributed by atoms with Gasteiger partial charge in [-0.15, -0.1) is 0 Å². The molecule has 2 fully saturated rings. The fraction of sp³-hybridized carbons (Fsp3) is 1.00. The molecule has 192 valence electrons. The largest absolute Gasteiger partial charge is 0.267 e. The summed E-state index contributed by atoms with van der Waals surface area (Å²) in [5.41, 5.74) is 0. The Bertz CT molecular complexity index is 831. The second-order valence-corrected chi connectivity index (χ2v) is 14.4. The summed E-state index contributed by atoms with van der Waals surface area (Å²) in [6, 6.07) is 0. The van der Waals surface area contributed by atoms with Crippen molar-refractivity contribution in [1.82, 2.24) is 0 Å². The quantitative estimate of drug-likeness (QED) is 0.388. The molecule has 0 spiro atoms. The molecule has 0 aromatic rings. The van der Waals surface area contributed by atoms with Gasteiger partial charge >= 0.3 is 0 Å². The molecule has 0 radical (unpaired) electrons. The van der Waals surface area contributed by atoms with Crippen LogP contribution in [0.1, 0.15) is 51.4 Å². The predicted octanol–water partition coefficient (Wildman–Crippen LogP) is 0.500. The van der Waals surface area contributed by atoms with Gasteiger partial charge in [0.25, 0.3) is 40.5 Å². The monoisotopic (exact) mass is 544 g/mol. The van der Waals surface area contributed by atoms with E-state index in [2.05, 4.69) is 0 Å². The van der Waals surface area contributed by atoms with Gasteiger partial charge in [0.15, 0.2) is 0 Å². The van der Waals surface area contributed by atoms with Gasteiger partial charge in [-0.2, -0.15) is 33.7 Å². The molecule has 0 bridgehead atoms. The van der Waals surface area contributed by atoms with Crippen LogP contribution in [0, 0.1) is 0 Å². The zero-order valence-corrected chi connectivity index (χ0v) is 21.8. The van der Waals surface area contributed by atoms with E-state index in [-0.39, 0.29) is 24.4 Å². The van der Waals surface area contributed by atoms with Crippen molar-refractivity contribution in [2.24, 2.45) is 0 Å². The zero-order valence-electron chi connectivity index (χ0n) is 18.5. The van der Waals surface area contributed by atoms with Crippen LogP contribution < -0.4 is 0 Å². The van der Waals surface area contributed by atoms with E-state index in [9.17, 15) is 33.7 Å². The first kappa shape index (κ1) is 29.7. The highest BCUT2D eigenvalue weighted by molar-refractivity contribution is 7.86. The zero-order chi connectivity index (χ0) is 24.8. The number of rotatable bonds is 8. The van der Waals surface area contributed by atoms with E-state index < -0.39 is 40.5 Å². The highest BCUT2D eigenvalue weighted by Gasteiger charge is 2.28. The lowest BCUT2D eigenvalue weighted by molar-refractivity contribution is 0.0890. The second kappa shape index (κ2) is 11.9. The molecule has 0 aromatic carbocycles. The molecule has 0 N–H and O–H groups in total. The fourth-order valence-corrected chi connectivity index (χ4v) is 6.19. The molecule has 2 saturated carbocycles. The third-order valence-electron chi connectivity index (χ3n) is 4.49. The topological polar surface area (TPSA) is 173 Å². The summed E-state index contributed by atoms with van der Waals surface area (Å²) < 4.78 is 106. The fourth-order valence-electron chi connectivity index (χ4n) is 3.44.